The van der Waals surface area contributed by atoms with Crippen LogP contribution in [-0.4, -0.2) is 34.5 Å². The number of carbonyl (C=O) groups excluding carboxylic acids is 1. The number of methoxy groups -OCH3 is 1. The summed E-state index contributed by atoms with van der Waals surface area (Å²) in [5, 5.41) is 1.16. The van der Waals surface area contributed by atoms with Crippen LogP contribution in [0.1, 0.15) is 29.9 Å². The third-order valence-electron chi connectivity index (χ3n) is 5.26. The predicted octanol–water partition coefficient (Wildman–Crippen LogP) is 4.12. The molecule has 6 nitrogen and oxygen atoms in total. The molecule has 30 heavy (non-hydrogen) atoms. The number of rotatable bonds is 5. The Morgan fingerprint density at radius 1 is 1.43 bits per heavy atom. The standard InChI is InChI=1S/C22H24N2O4S2/c1-12(2)16-9-15-17(10-28-16)30-20-19(15)21(26)24(14-7-5-6-13(3)8-14)22(23-20)29-11-18(25)27-4/h5-8,12,16H,9-11H2,1-4H3. The smallest absolute Gasteiger partial charge is 0.316 e. The lowest BCUT2D eigenvalue weighted by atomic mass is 9.96. The van der Waals surface area contributed by atoms with E-state index in [4.69, 9.17) is 14.5 Å². The van der Waals surface area contributed by atoms with E-state index >= 15 is 0 Å². The molecular weight excluding hydrogens is 420 g/mol. The molecule has 1 aliphatic heterocycles. The molecule has 8 heteroatoms. The molecule has 1 atom stereocenters. The lowest BCUT2D eigenvalue weighted by molar-refractivity contribution is -0.137. The fourth-order valence-corrected chi connectivity index (χ4v) is 5.62. The van der Waals surface area contributed by atoms with Crippen molar-refractivity contribution in [2.24, 2.45) is 5.92 Å². The summed E-state index contributed by atoms with van der Waals surface area (Å²) < 4.78 is 12.4. The van der Waals surface area contributed by atoms with E-state index in [-0.39, 0.29) is 23.4 Å². The molecule has 0 spiro atoms. The monoisotopic (exact) mass is 444 g/mol. The number of hydrogen-bond donors (Lipinski definition) is 0. The van der Waals surface area contributed by atoms with E-state index in [2.05, 4.69) is 13.8 Å². The Morgan fingerprint density at radius 2 is 2.23 bits per heavy atom. The number of fused-ring (bicyclic) bond motifs is 3. The normalized spacial score (nSPS) is 16.1. The van der Waals surface area contributed by atoms with Crippen LogP contribution in [-0.2, 0) is 27.3 Å². The van der Waals surface area contributed by atoms with E-state index in [1.165, 1.54) is 30.2 Å². The van der Waals surface area contributed by atoms with Gasteiger partial charge in [0.2, 0.25) is 0 Å². The van der Waals surface area contributed by atoms with Crippen molar-refractivity contribution in [2.75, 3.05) is 12.9 Å². The fourth-order valence-electron chi connectivity index (χ4n) is 3.61. The van der Waals surface area contributed by atoms with E-state index in [0.29, 0.717) is 34.3 Å². The number of ether oxygens (including phenoxy) is 2. The van der Waals surface area contributed by atoms with Gasteiger partial charge in [0.1, 0.15) is 4.83 Å². The summed E-state index contributed by atoms with van der Waals surface area (Å²) in [7, 11) is 1.35. The molecule has 3 heterocycles. The number of esters is 1. The molecular formula is C22H24N2O4S2. The van der Waals surface area contributed by atoms with E-state index in [1.54, 1.807) is 4.57 Å². The molecule has 3 aromatic rings. The van der Waals surface area contributed by atoms with Crippen LogP contribution in [0.2, 0.25) is 0 Å². The fraction of sp³-hybridized carbons (Fsp3) is 0.409. The van der Waals surface area contributed by atoms with Crippen LogP contribution in [0.3, 0.4) is 0 Å². The SMILES string of the molecule is COC(=O)CSc1nc2sc3c(c2c(=O)n1-c1cccc(C)c1)CC(C(C)C)OC3. The molecule has 0 saturated heterocycles. The molecule has 4 rings (SSSR count). The van der Waals surface area contributed by atoms with Gasteiger partial charge in [0.15, 0.2) is 5.16 Å². The molecule has 0 bridgehead atoms. The Kier molecular flexibility index (Phi) is 5.99. The van der Waals surface area contributed by atoms with Crippen LogP contribution in [0.15, 0.2) is 34.2 Å². The predicted molar refractivity (Wildman–Crippen MR) is 120 cm³/mol. The number of thioether (sulfide) groups is 1. The lowest BCUT2D eigenvalue weighted by Crippen LogP contribution is -2.28. The first-order chi connectivity index (χ1) is 14.4. The summed E-state index contributed by atoms with van der Waals surface area (Å²) in [6, 6.07) is 7.75. The van der Waals surface area contributed by atoms with Crippen LogP contribution >= 0.6 is 23.1 Å². The largest absolute Gasteiger partial charge is 0.468 e. The van der Waals surface area contributed by atoms with Crippen molar-refractivity contribution >= 4 is 39.3 Å². The Labute approximate surface area is 183 Å². The summed E-state index contributed by atoms with van der Waals surface area (Å²) in [5.41, 5.74) is 2.75. The van der Waals surface area contributed by atoms with Crippen LogP contribution in [0.5, 0.6) is 0 Å². The minimum atomic E-state index is -0.358. The summed E-state index contributed by atoms with van der Waals surface area (Å²) in [6.45, 7) is 6.76. The maximum Gasteiger partial charge on any atom is 0.316 e. The lowest BCUT2D eigenvalue weighted by Gasteiger charge is -2.26. The van der Waals surface area contributed by atoms with Crippen molar-refractivity contribution in [3.05, 3.63) is 50.6 Å². The van der Waals surface area contributed by atoms with Crippen molar-refractivity contribution < 1.29 is 14.3 Å². The maximum atomic E-state index is 13.7. The van der Waals surface area contributed by atoms with Gasteiger partial charge in [0.25, 0.3) is 5.56 Å². The first-order valence-corrected chi connectivity index (χ1v) is 11.6. The first-order valence-electron chi connectivity index (χ1n) is 9.84. The molecule has 0 saturated carbocycles. The molecule has 158 valence electrons. The number of aryl methyl sites for hydroxylation is 1. The van der Waals surface area contributed by atoms with Crippen molar-refractivity contribution in [1.82, 2.24) is 9.55 Å². The van der Waals surface area contributed by atoms with Gasteiger partial charge in [0, 0.05) is 11.3 Å². The zero-order valence-electron chi connectivity index (χ0n) is 17.4. The highest BCUT2D eigenvalue weighted by Gasteiger charge is 2.29. The Balaban J connectivity index is 1.91. The molecule has 2 aromatic heterocycles. The first kappa shape index (κ1) is 21.1. The number of thiophene rings is 1. The molecule has 1 aromatic carbocycles. The molecule has 0 N–H and O–H groups in total. The van der Waals surface area contributed by atoms with Crippen molar-refractivity contribution in [3.8, 4) is 5.69 Å². The maximum absolute atomic E-state index is 13.7. The third kappa shape index (κ3) is 3.91. The zero-order valence-corrected chi connectivity index (χ0v) is 19.1. The van der Waals surface area contributed by atoms with Gasteiger partial charge in [-0.1, -0.05) is 37.7 Å². The average molecular weight is 445 g/mol. The van der Waals surface area contributed by atoms with Gasteiger partial charge in [-0.15, -0.1) is 11.3 Å². The van der Waals surface area contributed by atoms with Crippen molar-refractivity contribution in [2.45, 2.75) is 45.1 Å². The molecule has 1 aliphatic rings. The second kappa shape index (κ2) is 8.53. The van der Waals surface area contributed by atoms with Gasteiger partial charge in [-0.3, -0.25) is 14.2 Å². The minimum absolute atomic E-state index is 0.0872. The third-order valence-corrected chi connectivity index (χ3v) is 7.27. The molecule has 0 radical (unpaired) electrons. The van der Waals surface area contributed by atoms with Gasteiger partial charge in [-0.05, 0) is 36.1 Å². The van der Waals surface area contributed by atoms with Gasteiger partial charge >= 0.3 is 5.97 Å². The Bertz CT molecular complexity index is 1170. The zero-order chi connectivity index (χ0) is 21.4. The summed E-state index contributed by atoms with van der Waals surface area (Å²) in [6.07, 6.45) is 0.808. The molecule has 1 unspecified atom stereocenters. The highest BCUT2D eigenvalue weighted by atomic mass is 32.2. The number of carbonyl (C=O) groups is 1. The number of benzene rings is 1. The van der Waals surface area contributed by atoms with Crippen LogP contribution in [0.25, 0.3) is 15.9 Å². The highest BCUT2D eigenvalue weighted by Crippen LogP contribution is 2.36. The van der Waals surface area contributed by atoms with E-state index in [9.17, 15) is 9.59 Å². The van der Waals surface area contributed by atoms with Gasteiger partial charge < -0.3 is 9.47 Å². The van der Waals surface area contributed by atoms with Crippen LogP contribution < -0.4 is 5.56 Å². The van der Waals surface area contributed by atoms with Gasteiger partial charge in [0.05, 0.1) is 36.6 Å². The number of nitrogens with zero attached hydrogens (tertiary/aromatic N) is 2. The Morgan fingerprint density at radius 3 is 2.93 bits per heavy atom. The van der Waals surface area contributed by atoms with Gasteiger partial charge in [-0.2, -0.15) is 0 Å². The number of aromatic nitrogens is 2. The number of hydrogen-bond acceptors (Lipinski definition) is 7. The summed E-state index contributed by atoms with van der Waals surface area (Å²) in [4.78, 5) is 32.0. The van der Waals surface area contributed by atoms with E-state index < -0.39 is 0 Å². The highest BCUT2D eigenvalue weighted by molar-refractivity contribution is 7.99. The minimum Gasteiger partial charge on any atom is -0.468 e. The molecule has 0 aliphatic carbocycles. The molecule has 0 fully saturated rings. The summed E-state index contributed by atoms with van der Waals surface area (Å²) in [5.74, 6) is 0.0999. The van der Waals surface area contributed by atoms with Crippen molar-refractivity contribution in [1.29, 1.82) is 0 Å². The quantitative estimate of drug-likeness (QED) is 0.335. The topological polar surface area (TPSA) is 70.4 Å². The van der Waals surface area contributed by atoms with Crippen LogP contribution in [0.4, 0.5) is 0 Å². The summed E-state index contributed by atoms with van der Waals surface area (Å²) >= 11 is 2.72. The van der Waals surface area contributed by atoms with Crippen LogP contribution in [0, 0.1) is 12.8 Å². The van der Waals surface area contributed by atoms with Gasteiger partial charge in [-0.25, -0.2) is 4.98 Å². The van der Waals surface area contributed by atoms with E-state index in [0.717, 1.165) is 21.7 Å². The average Bonchev–Trinajstić information content (AvgIpc) is 3.09. The van der Waals surface area contributed by atoms with E-state index in [1.807, 2.05) is 31.2 Å². The van der Waals surface area contributed by atoms with Crippen molar-refractivity contribution in [3.63, 3.8) is 0 Å². The second-order valence-electron chi connectivity index (χ2n) is 7.72. The Hall–Kier alpha value is -2.16. The second-order valence-corrected chi connectivity index (χ2v) is 9.75. The molecule has 0 amide bonds.